The number of nitrogen functional groups attached to an aromatic ring is 4. The molecule has 1 aliphatic rings. The second-order valence-electron chi connectivity index (χ2n) is 16.2. The summed E-state index contributed by atoms with van der Waals surface area (Å²) in [6, 6.07) is 29.1. The summed E-state index contributed by atoms with van der Waals surface area (Å²) in [5.74, 6) is 1.31. The van der Waals surface area contributed by atoms with Gasteiger partial charge in [0.05, 0.1) is 60.3 Å². The fourth-order valence-electron chi connectivity index (χ4n) is 6.89. The van der Waals surface area contributed by atoms with Gasteiger partial charge in [0.1, 0.15) is 100 Å². The van der Waals surface area contributed by atoms with Crippen molar-refractivity contribution in [3.63, 3.8) is 0 Å². The Morgan fingerprint density at radius 1 is 0.469 bits per heavy atom. The maximum absolute atomic E-state index is 13.1. The van der Waals surface area contributed by atoms with Crippen molar-refractivity contribution in [1.82, 2.24) is 39.9 Å². The molecule has 420 valence electrons. The summed E-state index contributed by atoms with van der Waals surface area (Å²) >= 11 is 0. The molecule has 8 aromatic rings. The van der Waals surface area contributed by atoms with Gasteiger partial charge in [0.15, 0.2) is 11.6 Å². The molecule has 5 heterocycles. The van der Waals surface area contributed by atoms with Crippen molar-refractivity contribution < 1.29 is 32.9 Å². The highest BCUT2D eigenvalue weighted by Gasteiger charge is 2.14. The van der Waals surface area contributed by atoms with Crippen LogP contribution in [-0.4, -0.2) is 119 Å². The summed E-state index contributed by atoms with van der Waals surface area (Å²) in [5.41, 5.74) is 30.7. The van der Waals surface area contributed by atoms with Crippen LogP contribution >= 0.6 is 0 Å². The molecule has 4 aromatic heterocycles. The minimum atomic E-state index is -0.968. The maximum Gasteiger partial charge on any atom is 0.160 e. The van der Waals surface area contributed by atoms with Crippen LogP contribution < -0.4 is 49.1 Å². The third-order valence-electron chi connectivity index (χ3n) is 10.9. The van der Waals surface area contributed by atoms with Gasteiger partial charge in [-0.05, 0) is 67.1 Å². The molecule has 0 atom stereocenters. The number of anilines is 13. The van der Waals surface area contributed by atoms with Gasteiger partial charge >= 0.3 is 0 Å². The van der Waals surface area contributed by atoms with Gasteiger partial charge in [-0.3, -0.25) is 0 Å². The first-order valence-electron chi connectivity index (χ1n) is 24.2. The van der Waals surface area contributed by atoms with E-state index in [1.807, 2.05) is 73.7 Å². The van der Waals surface area contributed by atoms with Gasteiger partial charge in [0.25, 0.3) is 0 Å². The fourth-order valence-corrected chi connectivity index (χ4v) is 6.89. The van der Waals surface area contributed by atoms with E-state index in [0.29, 0.717) is 68.7 Å². The molecular formula is C53H59F2N21O5. The normalized spacial score (nSPS) is 11.9. The number of nitrogens with one attached hydrogen (secondary N) is 4. The van der Waals surface area contributed by atoms with Gasteiger partial charge in [0.2, 0.25) is 0 Å². The minimum absolute atomic E-state index is 0.172. The van der Waals surface area contributed by atoms with E-state index in [1.165, 1.54) is 90.4 Å². The molecule has 0 bridgehead atoms. The molecular weight excluding hydrogens is 1050 g/mol. The molecule has 0 unspecified atom stereocenters. The zero-order valence-electron chi connectivity index (χ0n) is 44.6. The first kappa shape index (κ1) is 59.3. The number of rotatable bonds is 17. The lowest BCUT2D eigenvalue weighted by atomic mass is 10.2. The number of hydrogen-bond acceptors (Lipinski definition) is 26. The molecule has 0 spiro atoms. The van der Waals surface area contributed by atoms with Gasteiger partial charge in [-0.2, -0.15) is 0 Å². The highest BCUT2D eigenvalue weighted by Crippen LogP contribution is 2.26. The second kappa shape index (κ2) is 31.4. The Hall–Kier alpha value is -10.9. The van der Waals surface area contributed by atoms with Crippen LogP contribution in [0.5, 0.6) is 0 Å². The van der Waals surface area contributed by atoms with Crippen LogP contribution in [0, 0.1) is 18.6 Å². The van der Waals surface area contributed by atoms with Crippen molar-refractivity contribution in [2.75, 3.05) is 104 Å². The first-order chi connectivity index (χ1) is 39.4. The third-order valence-corrected chi connectivity index (χ3v) is 10.9. The number of nitrogens with zero attached hydrogens (tertiary/aromatic N) is 13. The van der Waals surface area contributed by atoms with E-state index < -0.39 is 11.6 Å². The second-order valence-corrected chi connectivity index (χ2v) is 16.2. The molecule has 1 saturated heterocycles. The number of halogens is 2. The van der Waals surface area contributed by atoms with Gasteiger partial charge in [-0.25, -0.2) is 48.7 Å². The van der Waals surface area contributed by atoms with Crippen LogP contribution in [-0.2, 0) is 24.1 Å². The molecule has 0 amide bonds. The van der Waals surface area contributed by atoms with E-state index in [0.717, 1.165) is 61.1 Å². The molecule has 1 fully saturated rings. The lowest BCUT2D eigenvalue weighted by Gasteiger charge is -2.28. The quantitative estimate of drug-likeness (QED) is 0.0322. The zero-order valence-corrected chi connectivity index (χ0v) is 44.6. The van der Waals surface area contributed by atoms with Gasteiger partial charge in [0, 0.05) is 47.6 Å². The van der Waals surface area contributed by atoms with Crippen LogP contribution in [0.3, 0.4) is 0 Å². The van der Waals surface area contributed by atoms with Crippen molar-refractivity contribution in [2.45, 2.75) is 6.92 Å². The largest absolute Gasteiger partial charge is 0.399 e. The molecule has 12 N–H and O–H groups in total. The van der Waals surface area contributed by atoms with E-state index in [1.54, 1.807) is 0 Å². The Bertz CT molecular complexity index is 3380. The minimum Gasteiger partial charge on any atom is -0.399 e. The van der Waals surface area contributed by atoms with Crippen LogP contribution in [0.4, 0.5) is 83.8 Å². The Labute approximate surface area is 464 Å². The standard InChI is InChI=1S/C16H20N6O2.C13H15N5O.C12H11F2N5O.C12H13N5O/c1-23-20-10-14-15(17)18-11-19-16(14)21-12-2-4-13(5-3-12)22-6-8-24-9-7-22;1-9-5-3-4-6-11(9)18-13-10(7-17-19-2)12(14)15-8-16-13;1-20-18-5-8-11(15)16-6-17-12(8)19-7-2-3-9(13)10(14)4-7;1-18-16-7-10-11(13)14-8-15-12(10)17-9-5-3-2-4-6-9/h2-5,10-11H,6-9H2,1H3,(H3,17,18,19,21);3-8H,1-2H3,(H3,14,15,16,18);2-6H,1H3,(H3,15,16,17,19);2-8H,1H3,(H3,13,14,15,17)/b20-10+;17-7+;18-5+;16-7+. The molecule has 1 aliphatic heterocycles. The number of aromatic nitrogens is 8. The summed E-state index contributed by atoms with van der Waals surface area (Å²) in [6.45, 7) is 5.36. The van der Waals surface area contributed by atoms with Gasteiger partial charge in [-0.15, -0.1) is 0 Å². The Morgan fingerprint density at radius 2 is 0.852 bits per heavy atom. The lowest BCUT2D eigenvalue weighted by Crippen LogP contribution is -2.36. The number of nitrogens with two attached hydrogens (primary N) is 4. The number of morpholine rings is 1. The molecule has 4 aromatic carbocycles. The Kier molecular flexibility index (Phi) is 23.0. The van der Waals surface area contributed by atoms with E-state index in [9.17, 15) is 8.78 Å². The van der Waals surface area contributed by atoms with Crippen LogP contribution in [0.1, 0.15) is 27.8 Å². The van der Waals surface area contributed by atoms with Crippen LogP contribution in [0.25, 0.3) is 0 Å². The van der Waals surface area contributed by atoms with Gasteiger partial charge in [-0.1, -0.05) is 57.0 Å². The van der Waals surface area contributed by atoms with Crippen molar-refractivity contribution in [3.05, 3.63) is 162 Å². The average Bonchev–Trinajstić information content (AvgIpc) is 3.47. The van der Waals surface area contributed by atoms with E-state index in [-0.39, 0.29) is 5.82 Å². The van der Waals surface area contributed by atoms with Crippen molar-refractivity contribution >= 4 is 99.8 Å². The summed E-state index contributed by atoms with van der Waals surface area (Å²) < 4.78 is 31.4. The number of ether oxygens (including phenoxy) is 1. The van der Waals surface area contributed by atoms with E-state index >= 15 is 0 Å². The smallest absolute Gasteiger partial charge is 0.160 e. The zero-order chi connectivity index (χ0) is 57.8. The molecule has 9 rings (SSSR count). The summed E-state index contributed by atoms with van der Waals surface area (Å²) in [5, 5.41) is 27.1. The summed E-state index contributed by atoms with van der Waals surface area (Å²) in [4.78, 5) is 53.0. The highest BCUT2D eigenvalue weighted by molar-refractivity contribution is 5.95. The van der Waals surface area contributed by atoms with Gasteiger partial charge < -0.3 is 73.2 Å². The van der Waals surface area contributed by atoms with E-state index in [4.69, 9.17) is 32.5 Å². The number of hydrogen-bond donors (Lipinski definition) is 8. The predicted molar refractivity (Wildman–Crippen MR) is 311 cm³/mol. The van der Waals surface area contributed by atoms with Crippen molar-refractivity contribution in [1.29, 1.82) is 0 Å². The Morgan fingerprint density at radius 3 is 1.27 bits per heavy atom. The maximum atomic E-state index is 13.1. The van der Waals surface area contributed by atoms with Crippen molar-refractivity contribution in [3.8, 4) is 0 Å². The third kappa shape index (κ3) is 18.1. The van der Waals surface area contributed by atoms with Crippen LogP contribution in [0.2, 0.25) is 0 Å². The lowest BCUT2D eigenvalue weighted by molar-refractivity contribution is 0.122. The number of oxime groups is 4. The molecule has 0 aliphatic carbocycles. The number of aryl methyl sites for hydroxylation is 1. The molecule has 28 heteroatoms. The first-order valence-corrected chi connectivity index (χ1v) is 24.2. The highest BCUT2D eigenvalue weighted by atomic mass is 19.2. The predicted octanol–water partition coefficient (Wildman–Crippen LogP) is 7.55. The number of benzene rings is 4. The average molecular weight is 1110 g/mol. The molecule has 0 radical (unpaired) electrons. The topological polar surface area (TPSA) is 354 Å². The van der Waals surface area contributed by atoms with E-state index in [2.05, 4.69) is 113 Å². The summed E-state index contributed by atoms with van der Waals surface area (Å²) in [7, 11) is 5.76. The van der Waals surface area contributed by atoms with Crippen molar-refractivity contribution in [2.24, 2.45) is 20.6 Å². The molecule has 26 nitrogen and oxygen atoms in total. The van der Waals surface area contributed by atoms with Crippen LogP contribution in [0.15, 0.2) is 143 Å². The molecule has 0 saturated carbocycles. The summed E-state index contributed by atoms with van der Waals surface area (Å²) in [6.07, 6.45) is 11.2. The Balaban J connectivity index is 0.000000175. The SMILES string of the molecule is CO/N=C/c1c(N)ncnc1Nc1ccc(F)c(F)c1.CO/N=C/c1c(N)ncnc1Nc1ccc(N2CCOCC2)cc1.CO/N=C/c1c(N)ncnc1Nc1ccccc1.CO/N=C/c1c(N)ncnc1Nc1ccccc1C. The monoisotopic (exact) mass is 1110 g/mol. The molecule has 81 heavy (non-hydrogen) atoms. The number of para-hydroxylation sites is 2. The fraction of sp³-hybridized carbons (Fsp3) is 0.170.